The van der Waals surface area contributed by atoms with E-state index in [1.165, 1.54) is 19.4 Å². The normalized spacial score (nSPS) is 11.2. The third-order valence-corrected chi connectivity index (χ3v) is 4.20. The number of aromatic nitrogens is 2. The maximum Gasteiger partial charge on any atom is 0.280 e. The van der Waals surface area contributed by atoms with Gasteiger partial charge in [0.2, 0.25) is 0 Å². The first-order valence-corrected chi connectivity index (χ1v) is 8.55. The molecular weight excluding hydrogens is 385 g/mol. The fraction of sp³-hybridized carbons (Fsp3) is 0.150. The number of amides is 1. The molecule has 0 fully saturated rings. The van der Waals surface area contributed by atoms with Crippen molar-refractivity contribution >= 4 is 12.1 Å². The van der Waals surface area contributed by atoms with E-state index in [1.54, 1.807) is 36.4 Å². The van der Waals surface area contributed by atoms with E-state index < -0.39 is 23.8 Å². The molecule has 0 saturated heterocycles. The molecule has 3 aromatic rings. The van der Waals surface area contributed by atoms with Crippen molar-refractivity contribution in [2.24, 2.45) is 5.16 Å². The van der Waals surface area contributed by atoms with Crippen molar-refractivity contribution in [1.82, 2.24) is 15.5 Å². The molecule has 1 heterocycles. The molecule has 0 aliphatic rings. The van der Waals surface area contributed by atoms with Crippen molar-refractivity contribution < 1.29 is 22.8 Å². The van der Waals surface area contributed by atoms with Gasteiger partial charge in [0.25, 0.3) is 12.3 Å². The lowest BCUT2D eigenvalue weighted by Crippen LogP contribution is -2.23. The summed E-state index contributed by atoms with van der Waals surface area (Å²) in [5.74, 6) is -1.16. The molecule has 3 rings (SSSR count). The number of rotatable bonds is 7. The van der Waals surface area contributed by atoms with Crippen LogP contribution in [0.4, 0.5) is 13.2 Å². The predicted octanol–water partition coefficient (Wildman–Crippen LogP) is 4.06. The molecule has 0 radical (unpaired) electrons. The van der Waals surface area contributed by atoms with Crippen LogP contribution in [0.25, 0.3) is 11.1 Å². The lowest BCUT2D eigenvalue weighted by atomic mass is 9.98. The summed E-state index contributed by atoms with van der Waals surface area (Å²) in [5, 5.41) is 11.8. The topological polar surface area (TPSA) is 79.4 Å². The van der Waals surface area contributed by atoms with Gasteiger partial charge in [-0.2, -0.15) is 5.10 Å². The molecule has 0 aliphatic carbocycles. The second-order valence-corrected chi connectivity index (χ2v) is 5.99. The van der Waals surface area contributed by atoms with Gasteiger partial charge < -0.3 is 10.2 Å². The fourth-order valence-corrected chi connectivity index (χ4v) is 2.78. The number of nitrogens with one attached hydrogen (secondary N) is 2. The Morgan fingerprint density at radius 3 is 2.83 bits per heavy atom. The van der Waals surface area contributed by atoms with E-state index in [4.69, 9.17) is 0 Å². The third kappa shape index (κ3) is 4.63. The average molecular weight is 402 g/mol. The first kappa shape index (κ1) is 20.1. The van der Waals surface area contributed by atoms with E-state index in [0.29, 0.717) is 16.7 Å². The number of carbonyl (C=O) groups excluding carboxylic acids is 1. The molecule has 9 heteroatoms. The lowest BCUT2D eigenvalue weighted by Gasteiger charge is -2.12. The van der Waals surface area contributed by atoms with Gasteiger partial charge in [0.05, 0.1) is 18.0 Å². The van der Waals surface area contributed by atoms with Gasteiger partial charge in [-0.1, -0.05) is 35.5 Å². The van der Waals surface area contributed by atoms with Gasteiger partial charge in [-0.15, -0.1) is 0 Å². The standard InChI is InChI=1S/C20H17F3N4O2/c1-29-26-10-14-7-6-12(8-17(14)21)15-5-3-2-4-13(15)9-24-20(28)16-11-25-27-18(16)19(22)23/h2-8,10-11,19H,9H2,1H3,(H,24,28)(H,25,27)/b26-10+. The highest BCUT2D eigenvalue weighted by molar-refractivity contribution is 5.95. The first-order valence-electron chi connectivity index (χ1n) is 8.55. The summed E-state index contributed by atoms with van der Waals surface area (Å²) >= 11 is 0. The Morgan fingerprint density at radius 1 is 1.31 bits per heavy atom. The van der Waals surface area contributed by atoms with E-state index in [9.17, 15) is 18.0 Å². The number of H-pyrrole nitrogens is 1. The minimum absolute atomic E-state index is 0.0668. The fourth-order valence-electron chi connectivity index (χ4n) is 2.78. The molecule has 2 N–H and O–H groups in total. The minimum atomic E-state index is -2.84. The predicted molar refractivity (Wildman–Crippen MR) is 101 cm³/mol. The number of alkyl halides is 2. The highest BCUT2D eigenvalue weighted by Gasteiger charge is 2.20. The molecule has 29 heavy (non-hydrogen) atoms. The lowest BCUT2D eigenvalue weighted by molar-refractivity contribution is 0.0936. The Labute approximate surface area is 164 Å². The van der Waals surface area contributed by atoms with E-state index in [1.807, 2.05) is 0 Å². The molecule has 0 unspecified atom stereocenters. The van der Waals surface area contributed by atoms with Gasteiger partial charge in [0.1, 0.15) is 18.6 Å². The number of nitrogens with zero attached hydrogens (tertiary/aromatic N) is 2. The second kappa shape index (κ2) is 9.05. The smallest absolute Gasteiger partial charge is 0.280 e. The average Bonchev–Trinajstić information content (AvgIpc) is 3.22. The summed E-state index contributed by atoms with van der Waals surface area (Å²) in [5.41, 5.74) is 1.50. The Hall–Kier alpha value is -3.62. The summed E-state index contributed by atoms with van der Waals surface area (Å²) in [6.45, 7) is 0.0668. The number of carbonyl (C=O) groups is 1. The molecule has 0 atom stereocenters. The zero-order chi connectivity index (χ0) is 20.8. The van der Waals surface area contributed by atoms with Crippen LogP contribution in [0, 0.1) is 5.82 Å². The molecular formula is C20H17F3N4O2. The van der Waals surface area contributed by atoms with Crippen molar-refractivity contribution in [3.63, 3.8) is 0 Å². The third-order valence-electron chi connectivity index (χ3n) is 4.20. The molecule has 1 aromatic heterocycles. The van der Waals surface area contributed by atoms with Crippen molar-refractivity contribution in [3.05, 3.63) is 76.9 Å². The number of hydrogen-bond acceptors (Lipinski definition) is 4. The van der Waals surface area contributed by atoms with E-state index >= 15 is 0 Å². The molecule has 150 valence electrons. The van der Waals surface area contributed by atoms with Crippen molar-refractivity contribution in [2.75, 3.05) is 7.11 Å². The van der Waals surface area contributed by atoms with Gasteiger partial charge >= 0.3 is 0 Å². The van der Waals surface area contributed by atoms with Gasteiger partial charge in [-0.05, 0) is 28.8 Å². The van der Waals surface area contributed by atoms with Gasteiger partial charge in [-0.25, -0.2) is 13.2 Å². The highest BCUT2D eigenvalue weighted by atomic mass is 19.3. The maximum atomic E-state index is 14.3. The number of halogens is 3. The molecule has 1 amide bonds. The Bertz CT molecular complexity index is 1030. The van der Waals surface area contributed by atoms with E-state index in [-0.39, 0.29) is 17.7 Å². The van der Waals surface area contributed by atoms with E-state index in [2.05, 4.69) is 25.5 Å². The van der Waals surface area contributed by atoms with Crippen molar-refractivity contribution in [2.45, 2.75) is 13.0 Å². The summed E-state index contributed by atoms with van der Waals surface area (Å²) < 4.78 is 40.1. The minimum Gasteiger partial charge on any atom is -0.399 e. The van der Waals surface area contributed by atoms with E-state index in [0.717, 1.165) is 6.20 Å². The first-order chi connectivity index (χ1) is 14.0. The number of benzene rings is 2. The van der Waals surface area contributed by atoms with Crippen LogP contribution in [0.5, 0.6) is 0 Å². The quantitative estimate of drug-likeness (QED) is 0.462. The molecule has 0 saturated carbocycles. The number of hydrogen-bond donors (Lipinski definition) is 2. The number of oxime groups is 1. The van der Waals surface area contributed by atoms with Crippen LogP contribution < -0.4 is 5.32 Å². The van der Waals surface area contributed by atoms with Crippen LogP contribution in [0.15, 0.2) is 53.8 Å². The molecule has 0 spiro atoms. The van der Waals surface area contributed by atoms with Crippen molar-refractivity contribution in [1.29, 1.82) is 0 Å². The van der Waals surface area contributed by atoms with Gasteiger partial charge in [0, 0.05) is 12.1 Å². The summed E-state index contributed by atoms with van der Waals surface area (Å²) in [7, 11) is 1.36. The summed E-state index contributed by atoms with van der Waals surface area (Å²) in [4.78, 5) is 16.8. The Kier molecular flexibility index (Phi) is 6.28. The van der Waals surface area contributed by atoms with Gasteiger partial charge in [-0.3, -0.25) is 9.89 Å². The van der Waals surface area contributed by atoms with Gasteiger partial charge in [0.15, 0.2) is 0 Å². The van der Waals surface area contributed by atoms with Crippen LogP contribution in [0.3, 0.4) is 0 Å². The van der Waals surface area contributed by atoms with Crippen LogP contribution >= 0.6 is 0 Å². The van der Waals surface area contributed by atoms with Crippen LogP contribution in [-0.2, 0) is 11.4 Å². The van der Waals surface area contributed by atoms with Crippen molar-refractivity contribution in [3.8, 4) is 11.1 Å². The monoisotopic (exact) mass is 402 g/mol. The second-order valence-electron chi connectivity index (χ2n) is 5.99. The largest absolute Gasteiger partial charge is 0.399 e. The summed E-state index contributed by atoms with van der Waals surface area (Å²) in [6, 6.07) is 11.7. The Balaban J connectivity index is 1.81. The number of aromatic amines is 1. The van der Waals surface area contributed by atoms with Crippen LogP contribution in [0.2, 0.25) is 0 Å². The Morgan fingerprint density at radius 2 is 2.10 bits per heavy atom. The maximum absolute atomic E-state index is 14.3. The zero-order valence-corrected chi connectivity index (χ0v) is 15.3. The highest BCUT2D eigenvalue weighted by Crippen LogP contribution is 2.26. The molecule has 6 nitrogen and oxygen atoms in total. The molecule has 0 bridgehead atoms. The SMILES string of the molecule is CO/N=C/c1ccc(-c2ccccc2CNC(=O)c2cn[nH]c2C(F)F)cc1F. The van der Waals surface area contributed by atoms with Crippen LogP contribution in [0.1, 0.15) is 33.6 Å². The van der Waals surface area contributed by atoms with Crippen LogP contribution in [-0.4, -0.2) is 29.4 Å². The molecule has 0 aliphatic heterocycles. The summed E-state index contributed by atoms with van der Waals surface area (Å²) in [6.07, 6.45) is -0.525. The molecule has 2 aromatic carbocycles. The zero-order valence-electron chi connectivity index (χ0n) is 15.3.